The minimum atomic E-state index is -0.102. The molecule has 0 aromatic heterocycles. The number of piperidine rings is 1. The van der Waals surface area contributed by atoms with Crippen molar-refractivity contribution in [2.24, 2.45) is 0 Å². The molecule has 0 bridgehead atoms. The molecule has 2 aliphatic heterocycles. The second kappa shape index (κ2) is 6.70. The molecule has 102 valence electrons. The number of carbonyl (C=O) groups excluding carboxylic acids is 2. The third kappa shape index (κ3) is 4.27. The lowest BCUT2D eigenvalue weighted by Crippen LogP contribution is -2.41. The Bertz CT molecular complexity index is 303. The van der Waals surface area contributed by atoms with Crippen molar-refractivity contribution < 1.29 is 14.3 Å². The van der Waals surface area contributed by atoms with Crippen LogP contribution in [0, 0.1) is 0 Å². The van der Waals surface area contributed by atoms with E-state index in [4.69, 9.17) is 4.74 Å². The van der Waals surface area contributed by atoms with Crippen LogP contribution >= 0.6 is 0 Å². The average Bonchev–Trinajstić information content (AvgIpc) is 2.81. The smallest absolute Gasteiger partial charge is 0.246 e. The minimum absolute atomic E-state index is 0.0696. The van der Waals surface area contributed by atoms with Crippen LogP contribution in [0.2, 0.25) is 0 Å². The monoisotopic (exact) mass is 255 g/mol. The number of hydrogen-bond acceptors (Lipinski definition) is 4. The van der Waals surface area contributed by atoms with Crippen LogP contribution in [0.15, 0.2) is 0 Å². The molecule has 6 heteroatoms. The van der Waals surface area contributed by atoms with E-state index >= 15 is 0 Å². The third-order valence-electron chi connectivity index (χ3n) is 3.37. The fraction of sp³-hybridized carbons (Fsp3) is 0.833. The van der Waals surface area contributed by atoms with E-state index in [1.54, 1.807) is 0 Å². The van der Waals surface area contributed by atoms with E-state index in [1.165, 1.54) is 0 Å². The molecule has 0 spiro atoms. The summed E-state index contributed by atoms with van der Waals surface area (Å²) in [6.45, 7) is 2.53. The molecule has 2 aliphatic rings. The first kappa shape index (κ1) is 13.3. The highest BCUT2D eigenvalue weighted by Gasteiger charge is 2.21. The van der Waals surface area contributed by atoms with Crippen LogP contribution in [-0.4, -0.2) is 50.2 Å². The van der Waals surface area contributed by atoms with Gasteiger partial charge in [-0.1, -0.05) is 0 Å². The molecule has 0 saturated carbocycles. The Hall–Kier alpha value is -1.14. The molecule has 1 atom stereocenters. The summed E-state index contributed by atoms with van der Waals surface area (Å²) < 4.78 is 5.54. The van der Waals surface area contributed by atoms with Gasteiger partial charge in [0.2, 0.25) is 11.8 Å². The summed E-state index contributed by atoms with van der Waals surface area (Å²) in [4.78, 5) is 22.5. The Morgan fingerprint density at radius 1 is 1.33 bits per heavy atom. The fourth-order valence-electron chi connectivity index (χ4n) is 2.27. The van der Waals surface area contributed by atoms with Gasteiger partial charge in [0.1, 0.15) is 6.61 Å². The summed E-state index contributed by atoms with van der Waals surface area (Å²) >= 11 is 0. The number of amides is 2. The molecule has 3 N–H and O–H groups in total. The first-order valence-corrected chi connectivity index (χ1v) is 6.62. The van der Waals surface area contributed by atoms with Crippen LogP contribution in [0.5, 0.6) is 0 Å². The SMILES string of the molecule is O=C(COC1CCNCC1)NCC1CCC(=O)N1. The lowest BCUT2D eigenvalue weighted by atomic mass is 10.1. The van der Waals surface area contributed by atoms with E-state index in [0.717, 1.165) is 32.4 Å². The van der Waals surface area contributed by atoms with Gasteiger partial charge in [0.15, 0.2) is 0 Å². The number of rotatable bonds is 5. The topological polar surface area (TPSA) is 79.5 Å². The normalized spacial score (nSPS) is 24.9. The zero-order valence-electron chi connectivity index (χ0n) is 10.5. The van der Waals surface area contributed by atoms with Crippen molar-refractivity contribution in [2.45, 2.75) is 37.8 Å². The average molecular weight is 255 g/mol. The van der Waals surface area contributed by atoms with E-state index in [2.05, 4.69) is 16.0 Å². The van der Waals surface area contributed by atoms with E-state index in [0.29, 0.717) is 13.0 Å². The van der Waals surface area contributed by atoms with Crippen LogP contribution in [0.25, 0.3) is 0 Å². The molecule has 0 radical (unpaired) electrons. The Morgan fingerprint density at radius 3 is 2.78 bits per heavy atom. The molecule has 0 aromatic carbocycles. The molecule has 0 aromatic rings. The van der Waals surface area contributed by atoms with Crippen molar-refractivity contribution in [1.82, 2.24) is 16.0 Å². The highest BCUT2D eigenvalue weighted by molar-refractivity contribution is 5.79. The van der Waals surface area contributed by atoms with Crippen molar-refractivity contribution in [1.29, 1.82) is 0 Å². The van der Waals surface area contributed by atoms with E-state index in [1.807, 2.05) is 0 Å². The lowest BCUT2D eigenvalue weighted by molar-refractivity contribution is -0.128. The number of ether oxygens (including phenoxy) is 1. The number of hydrogen-bond donors (Lipinski definition) is 3. The maximum Gasteiger partial charge on any atom is 0.246 e. The maximum absolute atomic E-state index is 11.6. The molecular weight excluding hydrogens is 234 g/mol. The molecule has 18 heavy (non-hydrogen) atoms. The molecule has 0 aliphatic carbocycles. The summed E-state index contributed by atoms with van der Waals surface area (Å²) in [5, 5.41) is 8.85. The van der Waals surface area contributed by atoms with Crippen molar-refractivity contribution >= 4 is 11.8 Å². The van der Waals surface area contributed by atoms with Crippen LogP contribution < -0.4 is 16.0 Å². The maximum atomic E-state index is 11.6. The van der Waals surface area contributed by atoms with Crippen molar-refractivity contribution in [3.8, 4) is 0 Å². The van der Waals surface area contributed by atoms with Crippen LogP contribution in [0.4, 0.5) is 0 Å². The molecule has 1 unspecified atom stereocenters. The van der Waals surface area contributed by atoms with Gasteiger partial charge < -0.3 is 20.7 Å². The quantitative estimate of drug-likeness (QED) is 0.598. The summed E-state index contributed by atoms with van der Waals surface area (Å²) in [6, 6.07) is 0.0836. The number of nitrogens with one attached hydrogen (secondary N) is 3. The Labute approximate surface area is 107 Å². The summed E-state index contributed by atoms with van der Waals surface area (Å²) in [7, 11) is 0. The molecule has 2 amide bonds. The van der Waals surface area contributed by atoms with Crippen LogP contribution in [-0.2, 0) is 14.3 Å². The first-order chi connectivity index (χ1) is 8.74. The first-order valence-electron chi connectivity index (χ1n) is 6.62. The Kier molecular flexibility index (Phi) is 4.95. The zero-order valence-corrected chi connectivity index (χ0v) is 10.5. The Morgan fingerprint density at radius 2 is 2.11 bits per heavy atom. The molecule has 2 fully saturated rings. The van der Waals surface area contributed by atoms with E-state index in [9.17, 15) is 9.59 Å². The summed E-state index contributed by atoms with van der Waals surface area (Å²) in [5.74, 6) is -0.0325. The van der Waals surface area contributed by atoms with Gasteiger partial charge in [0, 0.05) is 19.0 Å². The minimum Gasteiger partial charge on any atom is -0.368 e. The van der Waals surface area contributed by atoms with Gasteiger partial charge in [-0.2, -0.15) is 0 Å². The second-order valence-corrected chi connectivity index (χ2v) is 4.87. The zero-order chi connectivity index (χ0) is 12.8. The molecule has 6 nitrogen and oxygen atoms in total. The van der Waals surface area contributed by atoms with Gasteiger partial charge >= 0.3 is 0 Å². The van der Waals surface area contributed by atoms with Crippen LogP contribution in [0.1, 0.15) is 25.7 Å². The molecule has 2 saturated heterocycles. The largest absolute Gasteiger partial charge is 0.368 e. The van der Waals surface area contributed by atoms with Gasteiger partial charge in [-0.25, -0.2) is 0 Å². The van der Waals surface area contributed by atoms with Gasteiger partial charge in [-0.3, -0.25) is 9.59 Å². The highest BCUT2D eigenvalue weighted by Crippen LogP contribution is 2.07. The van der Waals surface area contributed by atoms with Gasteiger partial charge in [0.05, 0.1) is 6.10 Å². The summed E-state index contributed by atoms with van der Waals surface area (Å²) in [5.41, 5.74) is 0. The molecule has 2 heterocycles. The third-order valence-corrected chi connectivity index (χ3v) is 3.37. The van der Waals surface area contributed by atoms with Gasteiger partial charge in [-0.05, 0) is 32.4 Å². The van der Waals surface area contributed by atoms with E-state index < -0.39 is 0 Å². The Balaban J connectivity index is 1.55. The van der Waals surface area contributed by atoms with E-state index in [-0.39, 0.29) is 30.6 Å². The molecular formula is C12H21N3O3. The van der Waals surface area contributed by atoms with Gasteiger partial charge in [-0.15, -0.1) is 0 Å². The highest BCUT2D eigenvalue weighted by atomic mass is 16.5. The van der Waals surface area contributed by atoms with Crippen molar-refractivity contribution in [2.75, 3.05) is 26.2 Å². The fourth-order valence-corrected chi connectivity index (χ4v) is 2.27. The van der Waals surface area contributed by atoms with Crippen molar-refractivity contribution in [3.63, 3.8) is 0 Å². The predicted octanol–water partition coefficient (Wildman–Crippen LogP) is -0.850. The van der Waals surface area contributed by atoms with Crippen molar-refractivity contribution in [3.05, 3.63) is 0 Å². The number of carbonyl (C=O) groups is 2. The molecule has 2 rings (SSSR count). The predicted molar refractivity (Wildman–Crippen MR) is 66.0 cm³/mol. The second-order valence-electron chi connectivity index (χ2n) is 4.87. The lowest BCUT2D eigenvalue weighted by Gasteiger charge is -2.22. The summed E-state index contributed by atoms with van der Waals surface area (Å²) in [6.07, 6.45) is 3.49. The van der Waals surface area contributed by atoms with Crippen LogP contribution in [0.3, 0.4) is 0 Å². The standard InChI is InChI=1S/C12H21N3O3/c16-11-2-1-9(15-11)7-14-12(17)8-18-10-3-5-13-6-4-10/h9-10,13H,1-8H2,(H,14,17)(H,15,16). The van der Waals surface area contributed by atoms with Gasteiger partial charge in [0.25, 0.3) is 0 Å².